The highest BCUT2D eigenvalue weighted by Gasteiger charge is 2.30. The average Bonchev–Trinajstić information content (AvgIpc) is 2.58. The summed E-state index contributed by atoms with van der Waals surface area (Å²) in [5, 5.41) is 4.67. The lowest BCUT2D eigenvalue weighted by Crippen LogP contribution is -3.09. The molecule has 0 aliphatic rings. The van der Waals surface area contributed by atoms with Crippen LogP contribution in [0.4, 0.5) is 9.18 Å². The molecule has 2 atom stereocenters. The maximum absolute atomic E-state index is 13.9. The van der Waals surface area contributed by atoms with Crippen molar-refractivity contribution < 1.29 is 18.9 Å². The molecule has 0 saturated heterocycles. The van der Waals surface area contributed by atoms with Crippen LogP contribution < -0.4 is 15.5 Å². The van der Waals surface area contributed by atoms with Crippen molar-refractivity contribution in [3.8, 4) is 0 Å². The Morgan fingerprint density at radius 3 is 2.33 bits per heavy atom. The molecule has 2 rings (SSSR count). The van der Waals surface area contributed by atoms with E-state index in [1.807, 2.05) is 30.3 Å². The molecule has 0 aliphatic heterocycles. The Morgan fingerprint density at radius 2 is 1.71 bits per heavy atom. The van der Waals surface area contributed by atoms with Crippen LogP contribution in [0.25, 0.3) is 0 Å². The van der Waals surface area contributed by atoms with Gasteiger partial charge in [0.2, 0.25) is 0 Å². The number of quaternary nitrogens is 1. The quantitative estimate of drug-likeness (QED) is 0.767. The SMILES string of the molecule is CNC(=O)NC(=O)[C@H](c1ccccc1)[NH+](C)Cc1ccccc1F. The number of hydrogen-bond acceptors (Lipinski definition) is 2. The van der Waals surface area contributed by atoms with Crippen LogP contribution in [0.2, 0.25) is 0 Å². The maximum atomic E-state index is 13.9. The lowest BCUT2D eigenvalue weighted by molar-refractivity contribution is -0.916. The number of nitrogens with one attached hydrogen (secondary N) is 3. The zero-order valence-electron chi connectivity index (χ0n) is 13.7. The smallest absolute Gasteiger partial charge is 0.321 e. The first kappa shape index (κ1) is 17.6. The molecule has 3 amide bonds. The molecule has 24 heavy (non-hydrogen) atoms. The van der Waals surface area contributed by atoms with Gasteiger partial charge in [0.25, 0.3) is 5.91 Å². The van der Waals surface area contributed by atoms with Gasteiger partial charge in [-0.2, -0.15) is 0 Å². The van der Waals surface area contributed by atoms with Crippen LogP contribution in [-0.4, -0.2) is 26.0 Å². The van der Waals surface area contributed by atoms with Crippen LogP contribution in [0.5, 0.6) is 0 Å². The second kappa shape index (κ2) is 8.21. The second-order valence-corrected chi connectivity index (χ2v) is 5.53. The lowest BCUT2D eigenvalue weighted by atomic mass is 10.0. The fourth-order valence-corrected chi connectivity index (χ4v) is 2.60. The van der Waals surface area contributed by atoms with Gasteiger partial charge < -0.3 is 10.2 Å². The summed E-state index contributed by atoms with van der Waals surface area (Å²) in [4.78, 5) is 24.8. The second-order valence-electron chi connectivity index (χ2n) is 5.53. The van der Waals surface area contributed by atoms with Gasteiger partial charge in [-0.25, -0.2) is 9.18 Å². The Balaban J connectivity index is 2.26. The fraction of sp³-hybridized carbons (Fsp3) is 0.222. The van der Waals surface area contributed by atoms with Gasteiger partial charge in [0, 0.05) is 18.2 Å². The lowest BCUT2D eigenvalue weighted by Gasteiger charge is -2.24. The number of carbonyl (C=O) groups excluding carboxylic acids is 2. The van der Waals surface area contributed by atoms with Gasteiger partial charge >= 0.3 is 6.03 Å². The van der Waals surface area contributed by atoms with E-state index in [9.17, 15) is 14.0 Å². The van der Waals surface area contributed by atoms with Gasteiger partial charge in [-0.05, 0) is 6.07 Å². The summed E-state index contributed by atoms with van der Waals surface area (Å²) in [6.45, 7) is 0.313. The molecule has 0 bridgehead atoms. The summed E-state index contributed by atoms with van der Waals surface area (Å²) in [7, 11) is 3.24. The Labute approximate surface area is 140 Å². The fourth-order valence-electron chi connectivity index (χ4n) is 2.60. The van der Waals surface area contributed by atoms with E-state index in [-0.39, 0.29) is 5.82 Å². The zero-order valence-corrected chi connectivity index (χ0v) is 13.7. The van der Waals surface area contributed by atoms with Crippen LogP contribution in [0.3, 0.4) is 0 Å². The monoisotopic (exact) mass is 330 g/mol. The third kappa shape index (κ3) is 4.39. The van der Waals surface area contributed by atoms with E-state index in [0.29, 0.717) is 12.1 Å². The molecule has 3 N–H and O–H groups in total. The van der Waals surface area contributed by atoms with Crippen LogP contribution in [-0.2, 0) is 11.3 Å². The Hall–Kier alpha value is -2.73. The van der Waals surface area contributed by atoms with E-state index < -0.39 is 18.0 Å². The predicted molar refractivity (Wildman–Crippen MR) is 88.8 cm³/mol. The van der Waals surface area contributed by atoms with Crippen molar-refractivity contribution in [2.45, 2.75) is 12.6 Å². The van der Waals surface area contributed by atoms with Gasteiger partial charge in [-0.15, -0.1) is 0 Å². The van der Waals surface area contributed by atoms with Crippen molar-refractivity contribution in [3.05, 3.63) is 71.5 Å². The van der Waals surface area contributed by atoms with E-state index in [1.165, 1.54) is 13.1 Å². The van der Waals surface area contributed by atoms with E-state index in [4.69, 9.17) is 0 Å². The summed E-state index contributed by atoms with van der Waals surface area (Å²) >= 11 is 0. The normalized spacial score (nSPS) is 13.0. The van der Waals surface area contributed by atoms with E-state index in [1.54, 1.807) is 25.2 Å². The highest BCUT2D eigenvalue weighted by molar-refractivity contribution is 5.96. The number of benzene rings is 2. The van der Waals surface area contributed by atoms with E-state index in [0.717, 1.165) is 10.5 Å². The highest BCUT2D eigenvalue weighted by Crippen LogP contribution is 2.11. The molecule has 5 nitrogen and oxygen atoms in total. The van der Waals surface area contributed by atoms with Gasteiger partial charge in [-0.1, -0.05) is 48.5 Å². The largest absolute Gasteiger partial charge is 0.341 e. The van der Waals surface area contributed by atoms with Crippen molar-refractivity contribution in [1.82, 2.24) is 10.6 Å². The average molecular weight is 330 g/mol. The first-order valence-corrected chi connectivity index (χ1v) is 7.66. The molecule has 0 heterocycles. The van der Waals surface area contributed by atoms with Crippen molar-refractivity contribution in [3.63, 3.8) is 0 Å². The van der Waals surface area contributed by atoms with Gasteiger partial charge in [0.15, 0.2) is 6.04 Å². The molecule has 2 aromatic rings. The maximum Gasteiger partial charge on any atom is 0.321 e. The standard InChI is InChI=1S/C18H20FN3O2/c1-20-18(24)21-17(23)16(13-8-4-3-5-9-13)22(2)12-14-10-6-7-11-15(14)19/h3-11,16H,12H2,1-2H3,(H2,20,21,23,24)/p+1/t16-/m0/s1. The molecule has 0 aliphatic carbocycles. The van der Waals surface area contributed by atoms with E-state index in [2.05, 4.69) is 10.6 Å². The predicted octanol–water partition coefficient (Wildman–Crippen LogP) is 1.04. The molecule has 0 radical (unpaired) electrons. The van der Waals surface area contributed by atoms with Crippen LogP contribution >= 0.6 is 0 Å². The number of urea groups is 1. The third-order valence-electron chi connectivity index (χ3n) is 3.78. The molecule has 126 valence electrons. The topological polar surface area (TPSA) is 62.6 Å². The highest BCUT2D eigenvalue weighted by atomic mass is 19.1. The number of hydrogen-bond donors (Lipinski definition) is 3. The number of amides is 3. The van der Waals surface area contributed by atoms with Gasteiger partial charge in [0.05, 0.1) is 7.05 Å². The van der Waals surface area contributed by atoms with Crippen LogP contribution in [0, 0.1) is 5.82 Å². The van der Waals surface area contributed by atoms with Crippen molar-refractivity contribution in [2.24, 2.45) is 0 Å². The molecule has 2 aromatic carbocycles. The van der Waals surface area contributed by atoms with Gasteiger partial charge in [-0.3, -0.25) is 10.1 Å². The molecule has 0 saturated carbocycles. The molecule has 0 aromatic heterocycles. The third-order valence-corrected chi connectivity index (χ3v) is 3.78. The summed E-state index contributed by atoms with van der Waals surface area (Å²) < 4.78 is 13.9. The first-order chi connectivity index (χ1) is 11.5. The summed E-state index contributed by atoms with van der Waals surface area (Å²) in [6, 6.07) is 14.4. The summed E-state index contributed by atoms with van der Waals surface area (Å²) in [5.74, 6) is -0.746. The zero-order chi connectivity index (χ0) is 17.5. The Morgan fingerprint density at radius 1 is 1.08 bits per heavy atom. The van der Waals surface area contributed by atoms with Crippen LogP contribution in [0.1, 0.15) is 17.2 Å². The van der Waals surface area contributed by atoms with Crippen molar-refractivity contribution >= 4 is 11.9 Å². The number of rotatable bonds is 5. The molecular formula is C18H21FN3O2+. The Kier molecular flexibility index (Phi) is 6.03. The summed E-state index contributed by atoms with van der Waals surface area (Å²) in [5.41, 5.74) is 1.27. The van der Waals surface area contributed by atoms with Crippen molar-refractivity contribution in [2.75, 3.05) is 14.1 Å². The Bertz CT molecular complexity index is 706. The minimum Gasteiger partial charge on any atom is -0.341 e. The number of likely N-dealkylation sites (N-methyl/N-ethyl adjacent to an activating group) is 1. The minimum absolute atomic E-state index is 0.310. The molecule has 6 heteroatoms. The van der Waals surface area contributed by atoms with Crippen molar-refractivity contribution in [1.29, 1.82) is 0 Å². The number of carbonyl (C=O) groups is 2. The summed E-state index contributed by atoms with van der Waals surface area (Å²) in [6.07, 6.45) is 0. The first-order valence-electron chi connectivity index (χ1n) is 7.66. The number of halogens is 1. The molecule has 0 spiro atoms. The van der Waals surface area contributed by atoms with E-state index >= 15 is 0 Å². The minimum atomic E-state index is -0.636. The molecule has 1 unspecified atom stereocenters. The van der Waals surface area contributed by atoms with Crippen LogP contribution in [0.15, 0.2) is 54.6 Å². The molecular weight excluding hydrogens is 309 g/mol. The van der Waals surface area contributed by atoms with Gasteiger partial charge in [0.1, 0.15) is 12.4 Å². The number of imide groups is 1. The molecule has 0 fully saturated rings.